The fourth-order valence-corrected chi connectivity index (χ4v) is 7.33. The van der Waals surface area contributed by atoms with E-state index in [1.165, 1.54) is 46.3 Å². The summed E-state index contributed by atoms with van der Waals surface area (Å²) in [6, 6.07) is 7.17. The molecule has 0 aliphatic carbocycles. The molecule has 6 N–H and O–H groups in total. The fourth-order valence-electron chi connectivity index (χ4n) is 4.76. The van der Waals surface area contributed by atoms with Gasteiger partial charge >= 0.3 is 26.2 Å². The Balaban J connectivity index is 0.000000178. The Morgan fingerprint density at radius 3 is 1.93 bits per heavy atom. The number of carboxylic acids is 2. The lowest BCUT2D eigenvalue weighted by Crippen LogP contribution is -2.41. The number of nitrogen functional groups attached to an aromatic ring is 1. The molecule has 0 bridgehead atoms. The number of carbonyl (C=O) groups is 2. The molecule has 2 aromatic carbocycles. The molecular formula is C25H27B2N7O8S3. The van der Waals surface area contributed by atoms with Crippen LogP contribution in [-0.4, -0.2) is 92.6 Å². The van der Waals surface area contributed by atoms with Crippen molar-refractivity contribution < 1.29 is 39.2 Å². The lowest BCUT2D eigenvalue weighted by molar-refractivity contribution is 0.0680. The summed E-state index contributed by atoms with van der Waals surface area (Å²) in [7, 11) is -0.452. The average molecular weight is 671 g/mol. The highest BCUT2D eigenvalue weighted by Crippen LogP contribution is 2.40. The fraction of sp³-hybridized carbons (Fsp3) is 0.280. The number of aromatic nitrogens is 6. The minimum Gasteiger partial charge on any atom is -0.535 e. The largest absolute Gasteiger partial charge is 0.537 e. The predicted octanol–water partition coefficient (Wildman–Crippen LogP) is 1.46. The van der Waals surface area contributed by atoms with Crippen molar-refractivity contribution in [3.63, 3.8) is 0 Å². The molecule has 0 fully saturated rings. The van der Waals surface area contributed by atoms with Gasteiger partial charge in [-0.15, -0.1) is 32.2 Å². The monoisotopic (exact) mass is 671 g/mol. The smallest absolute Gasteiger partial charge is 0.535 e. The first-order valence-corrected chi connectivity index (χ1v) is 16.3. The molecule has 15 nitrogen and oxygen atoms in total. The van der Waals surface area contributed by atoms with Crippen LogP contribution in [0.5, 0.6) is 11.5 Å². The number of fused-ring (bicyclic) bond motifs is 2. The van der Waals surface area contributed by atoms with Gasteiger partial charge in [-0.3, -0.25) is 0 Å². The summed E-state index contributed by atoms with van der Waals surface area (Å²) in [5.41, 5.74) is 2.30. The maximum atomic E-state index is 11.5. The summed E-state index contributed by atoms with van der Waals surface area (Å²) in [5.74, 6) is 4.02. The molecule has 2 aliphatic heterocycles. The standard InChI is InChI=1S/C13H14BN3O4S.C12H13BN4O4S2/c1-7-3-4-8-5-9(22-13-16-15-6-17(13)2)14(20)21-11(8)10(7)12(18)19;1-22-7-3-2-6-4-8(23-12-16-15-5-17(12)14)13(20)21-10(6)9(7)11(18)19/h3-4,6,9,20H,5H2,1-2H3,(H,18,19);2-3,5,8,20H,4,14H2,1H3,(H,18,19)/t9-;8-/m00/s1. The highest BCUT2D eigenvalue weighted by molar-refractivity contribution is 8.01. The van der Waals surface area contributed by atoms with E-state index >= 15 is 0 Å². The Morgan fingerprint density at radius 2 is 1.42 bits per heavy atom. The lowest BCUT2D eigenvalue weighted by atomic mass is 9.77. The van der Waals surface area contributed by atoms with Crippen LogP contribution in [0.3, 0.4) is 0 Å². The van der Waals surface area contributed by atoms with Crippen molar-refractivity contribution >= 4 is 61.5 Å². The van der Waals surface area contributed by atoms with E-state index in [2.05, 4.69) is 20.4 Å². The number of rotatable bonds is 7. The van der Waals surface area contributed by atoms with E-state index in [1.807, 2.05) is 19.2 Å². The van der Waals surface area contributed by atoms with Gasteiger partial charge in [-0.25, -0.2) is 14.3 Å². The Bertz CT molecular complexity index is 1740. The summed E-state index contributed by atoms with van der Waals surface area (Å²) in [4.78, 5) is 23.5. The third kappa shape index (κ3) is 6.89. The first-order chi connectivity index (χ1) is 21.5. The second-order valence-corrected chi connectivity index (χ2v) is 13.2. The molecule has 2 aromatic heterocycles. The summed E-state index contributed by atoms with van der Waals surface area (Å²) in [5, 5.41) is 55.0. The number of hydrogen-bond acceptors (Lipinski definition) is 14. The van der Waals surface area contributed by atoms with Gasteiger partial charge in [0.25, 0.3) is 0 Å². The van der Waals surface area contributed by atoms with Gasteiger partial charge in [0.15, 0.2) is 5.16 Å². The molecule has 4 heterocycles. The average Bonchev–Trinajstić information content (AvgIpc) is 3.60. The maximum Gasteiger partial charge on any atom is 0.537 e. The lowest BCUT2D eigenvalue weighted by Gasteiger charge is -2.28. The number of benzene rings is 2. The van der Waals surface area contributed by atoms with Crippen LogP contribution in [0.1, 0.15) is 37.4 Å². The highest BCUT2D eigenvalue weighted by atomic mass is 32.2. The van der Waals surface area contributed by atoms with Crippen LogP contribution >= 0.6 is 35.3 Å². The molecule has 0 unspecified atom stereocenters. The first-order valence-electron chi connectivity index (χ1n) is 13.3. The van der Waals surface area contributed by atoms with Crippen LogP contribution < -0.4 is 15.2 Å². The molecule has 0 spiro atoms. The summed E-state index contributed by atoms with van der Waals surface area (Å²) >= 11 is 3.90. The van der Waals surface area contributed by atoms with Crippen LogP contribution in [-0.2, 0) is 19.9 Å². The molecule has 2 aliphatic rings. The molecular weight excluding hydrogens is 644 g/mol. The van der Waals surface area contributed by atoms with E-state index in [-0.39, 0.29) is 32.9 Å². The Kier molecular flexibility index (Phi) is 9.88. The van der Waals surface area contributed by atoms with E-state index in [4.69, 9.17) is 15.2 Å². The Morgan fingerprint density at radius 1 is 0.889 bits per heavy atom. The zero-order valence-corrected chi connectivity index (χ0v) is 26.5. The van der Waals surface area contributed by atoms with Crippen molar-refractivity contribution in [1.29, 1.82) is 0 Å². The van der Waals surface area contributed by atoms with E-state index in [0.717, 1.165) is 11.1 Å². The van der Waals surface area contributed by atoms with E-state index in [0.29, 0.717) is 33.6 Å². The van der Waals surface area contributed by atoms with Gasteiger partial charge in [-0.2, -0.15) is 0 Å². The number of aryl methyl sites for hydroxylation is 2. The van der Waals surface area contributed by atoms with Crippen LogP contribution in [0.25, 0.3) is 0 Å². The molecule has 234 valence electrons. The molecule has 0 radical (unpaired) electrons. The van der Waals surface area contributed by atoms with E-state index < -0.39 is 26.2 Å². The highest BCUT2D eigenvalue weighted by Gasteiger charge is 2.40. The van der Waals surface area contributed by atoms with Gasteiger partial charge < -0.3 is 40.0 Å². The summed E-state index contributed by atoms with van der Waals surface area (Å²) in [6.07, 6.45) is 5.66. The molecule has 0 amide bonds. The van der Waals surface area contributed by atoms with Crippen molar-refractivity contribution in [2.24, 2.45) is 7.05 Å². The molecule has 2 atom stereocenters. The second-order valence-electron chi connectivity index (χ2n) is 9.97. The second kappa shape index (κ2) is 13.7. The van der Waals surface area contributed by atoms with E-state index in [9.17, 15) is 29.9 Å². The van der Waals surface area contributed by atoms with Gasteiger partial charge in [-0.05, 0) is 48.8 Å². The number of thioether (sulfide) groups is 3. The summed E-state index contributed by atoms with van der Waals surface area (Å²) < 4.78 is 14.0. The van der Waals surface area contributed by atoms with Gasteiger partial charge in [0.1, 0.15) is 35.3 Å². The van der Waals surface area contributed by atoms with Crippen molar-refractivity contribution in [2.45, 2.75) is 45.3 Å². The van der Waals surface area contributed by atoms with Crippen LogP contribution in [0.4, 0.5) is 0 Å². The molecule has 4 aromatic rings. The minimum atomic E-state index is -1.17. The van der Waals surface area contributed by atoms with Crippen molar-refractivity contribution in [2.75, 3.05) is 12.1 Å². The normalized spacial score (nSPS) is 16.9. The molecule has 6 rings (SSSR count). The minimum absolute atomic E-state index is 0.0829. The molecule has 0 saturated heterocycles. The van der Waals surface area contributed by atoms with Crippen LogP contribution in [0, 0.1) is 6.92 Å². The number of nitrogens with zero attached hydrogens (tertiary/aromatic N) is 6. The molecule has 20 heteroatoms. The van der Waals surface area contributed by atoms with Crippen molar-refractivity contribution in [3.8, 4) is 11.5 Å². The van der Waals surface area contributed by atoms with Gasteiger partial charge in [0.2, 0.25) is 5.16 Å². The van der Waals surface area contributed by atoms with Gasteiger partial charge in [0.05, 0.1) is 10.3 Å². The van der Waals surface area contributed by atoms with E-state index in [1.54, 1.807) is 36.2 Å². The predicted molar refractivity (Wildman–Crippen MR) is 168 cm³/mol. The first kappa shape index (κ1) is 32.6. The van der Waals surface area contributed by atoms with Crippen molar-refractivity contribution in [3.05, 3.63) is 64.7 Å². The number of nitrogens with two attached hydrogens (primary N) is 1. The number of hydrogen-bond donors (Lipinski definition) is 5. The third-order valence-electron chi connectivity index (χ3n) is 6.98. The number of aromatic carboxylic acids is 2. The zero-order valence-electron chi connectivity index (χ0n) is 24.1. The van der Waals surface area contributed by atoms with Gasteiger partial charge in [0, 0.05) is 11.9 Å². The van der Waals surface area contributed by atoms with Crippen LogP contribution in [0.2, 0.25) is 0 Å². The molecule has 0 saturated carbocycles. The van der Waals surface area contributed by atoms with Crippen LogP contribution in [0.15, 0.2) is 52.1 Å². The number of carboxylic acid groups (broad SMARTS) is 2. The zero-order chi connectivity index (χ0) is 32.4. The van der Waals surface area contributed by atoms with Gasteiger partial charge in [-0.1, -0.05) is 41.7 Å². The Hall–Kier alpha value is -3.84. The SMILES string of the molecule is CSc1ccc2c(c1C(=O)O)OB(O)[C@@H](Sc1nncn1N)C2.Cc1ccc2c(c1C(=O)O)OB(O)[C@@H](Sc1nncn1C)C2. The third-order valence-corrected chi connectivity index (χ3v) is 10.2. The molecule has 45 heavy (non-hydrogen) atoms. The Labute approximate surface area is 270 Å². The maximum absolute atomic E-state index is 11.5. The topological polar surface area (TPSA) is 221 Å². The quantitative estimate of drug-likeness (QED) is 0.107. The van der Waals surface area contributed by atoms with Crippen molar-refractivity contribution in [1.82, 2.24) is 29.6 Å². The summed E-state index contributed by atoms with van der Waals surface area (Å²) in [6.45, 7) is 1.71.